The molecular weight excluding hydrogens is 456 g/mol. The second-order valence-corrected chi connectivity index (χ2v) is 10.2. The molecule has 9 nitrogen and oxygen atoms in total. The van der Waals surface area contributed by atoms with Gasteiger partial charge in [-0.3, -0.25) is 14.4 Å². The number of sulfonamides is 1. The fourth-order valence-corrected chi connectivity index (χ4v) is 5.96. The van der Waals surface area contributed by atoms with Crippen LogP contribution >= 0.6 is 0 Å². The van der Waals surface area contributed by atoms with Crippen LogP contribution in [-0.2, 0) is 30.8 Å². The maximum absolute atomic E-state index is 12.9. The highest BCUT2D eigenvalue weighted by molar-refractivity contribution is 7.89. The number of fused-ring (bicyclic) bond motifs is 2. The van der Waals surface area contributed by atoms with E-state index >= 15 is 0 Å². The Bertz CT molecular complexity index is 1240. The molecule has 2 aliphatic rings. The maximum atomic E-state index is 12.9. The number of hydrogen-bond donors (Lipinski definition) is 1. The highest BCUT2D eigenvalue weighted by Crippen LogP contribution is 2.32. The van der Waals surface area contributed by atoms with E-state index in [4.69, 9.17) is 0 Å². The summed E-state index contributed by atoms with van der Waals surface area (Å²) in [6, 6.07) is 11.9. The van der Waals surface area contributed by atoms with E-state index in [9.17, 15) is 22.8 Å². The van der Waals surface area contributed by atoms with E-state index in [1.165, 1.54) is 15.3 Å². The van der Waals surface area contributed by atoms with E-state index in [-0.39, 0.29) is 42.0 Å². The van der Waals surface area contributed by atoms with Crippen molar-refractivity contribution in [3.8, 4) is 0 Å². The molecule has 3 amide bonds. The van der Waals surface area contributed by atoms with Crippen LogP contribution < -0.4 is 15.1 Å². The molecule has 0 spiro atoms. The predicted molar refractivity (Wildman–Crippen MR) is 129 cm³/mol. The van der Waals surface area contributed by atoms with Crippen molar-refractivity contribution >= 4 is 44.8 Å². The largest absolute Gasteiger partial charge is 0.323 e. The van der Waals surface area contributed by atoms with Crippen molar-refractivity contribution in [2.45, 2.75) is 38.0 Å². The summed E-state index contributed by atoms with van der Waals surface area (Å²) in [5.74, 6) is -0.778. The van der Waals surface area contributed by atoms with Gasteiger partial charge in [-0.15, -0.1) is 0 Å². The van der Waals surface area contributed by atoms with Gasteiger partial charge in [-0.05, 0) is 42.3 Å². The molecule has 0 saturated carbocycles. The van der Waals surface area contributed by atoms with Gasteiger partial charge in [0.25, 0.3) is 0 Å². The standard InChI is InChI=1S/C24H28N4O5S/c1-3-26(4-2)34(32,33)18-9-10-20-17(15-18)13-14-27(20)23(30)11-12-24(31)28-16-22(29)25-19-7-5-6-8-21(19)28/h5-10,15H,3-4,11-14,16H2,1-2H3,(H,25,29). The van der Waals surface area contributed by atoms with E-state index < -0.39 is 10.0 Å². The summed E-state index contributed by atoms with van der Waals surface area (Å²) in [4.78, 5) is 41.0. The Kier molecular flexibility index (Phi) is 6.72. The summed E-state index contributed by atoms with van der Waals surface area (Å²) in [5.41, 5.74) is 2.67. The third-order valence-electron chi connectivity index (χ3n) is 6.22. The summed E-state index contributed by atoms with van der Waals surface area (Å²) in [6.07, 6.45) is 0.523. The monoisotopic (exact) mass is 484 g/mol. The van der Waals surface area contributed by atoms with Gasteiger partial charge in [-0.1, -0.05) is 26.0 Å². The minimum atomic E-state index is -3.58. The molecule has 34 heavy (non-hydrogen) atoms. The van der Waals surface area contributed by atoms with Crippen molar-refractivity contribution < 1.29 is 22.8 Å². The summed E-state index contributed by atoms with van der Waals surface area (Å²) in [7, 11) is -3.58. The van der Waals surface area contributed by atoms with Crippen molar-refractivity contribution in [2.24, 2.45) is 0 Å². The van der Waals surface area contributed by atoms with Crippen LogP contribution in [0.15, 0.2) is 47.4 Å². The smallest absolute Gasteiger partial charge is 0.244 e. The molecule has 0 unspecified atom stereocenters. The third kappa shape index (κ3) is 4.43. The van der Waals surface area contributed by atoms with Crippen LogP contribution in [-0.4, -0.2) is 56.6 Å². The normalized spacial score (nSPS) is 15.2. The van der Waals surface area contributed by atoms with Crippen LogP contribution in [0, 0.1) is 0 Å². The topological polar surface area (TPSA) is 107 Å². The van der Waals surface area contributed by atoms with Gasteiger partial charge in [0.05, 0.1) is 16.3 Å². The lowest BCUT2D eigenvalue weighted by atomic mass is 10.1. The number of benzene rings is 2. The Labute approximate surface area is 199 Å². The average Bonchev–Trinajstić information content (AvgIpc) is 3.26. The molecular formula is C24H28N4O5S. The minimum absolute atomic E-state index is 0.00193. The van der Waals surface area contributed by atoms with E-state index in [0.29, 0.717) is 43.1 Å². The summed E-state index contributed by atoms with van der Waals surface area (Å²) in [6.45, 7) is 4.72. The lowest BCUT2D eigenvalue weighted by molar-refractivity contribution is -0.124. The number of hydrogen-bond acceptors (Lipinski definition) is 5. The first kappa shape index (κ1) is 23.9. The Morgan fingerprint density at radius 1 is 0.971 bits per heavy atom. The number of para-hydroxylation sites is 2. The molecule has 2 aromatic rings. The van der Waals surface area contributed by atoms with Gasteiger partial charge in [0.1, 0.15) is 6.54 Å². The molecule has 0 aromatic heterocycles. The molecule has 1 N–H and O–H groups in total. The first-order valence-electron chi connectivity index (χ1n) is 11.4. The maximum Gasteiger partial charge on any atom is 0.244 e. The van der Waals surface area contributed by atoms with Crippen molar-refractivity contribution in [1.29, 1.82) is 0 Å². The average molecular weight is 485 g/mol. The van der Waals surface area contributed by atoms with Crippen molar-refractivity contribution in [2.75, 3.05) is 41.3 Å². The van der Waals surface area contributed by atoms with Crippen LogP contribution in [0.2, 0.25) is 0 Å². The molecule has 0 radical (unpaired) electrons. The molecule has 0 saturated heterocycles. The lowest BCUT2D eigenvalue weighted by Crippen LogP contribution is -2.42. The van der Waals surface area contributed by atoms with Gasteiger partial charge < -0.3 is 15.1 Å². The minimum Gasteiger partial charge on any atom is -0.323 e. The zero-order valence-electron chi connectivity index (χ0n) is 19.3. The van der Waals surface area contributed by atoms with Crippen molar-refractivity contribution in [3.63, 3.8) is 0 Å². The van der Waals surface area contributed by atoms with Gasteiger partial charge in [-0.2, -0.15) is 4.31 Å². The van der Waals surface area contributed by atoms with Crippen LogP contribution in [0.25, 0.3) is 0 Å². The predicted octanol–water partition coefficient (Wildman–Crippen LogP) is 2.37. The number of anilines is 3. The first-order valence-corrected chi connectivity index (χ1v) is 12.8. The molecule has 180 valence electrons. The number of nitrogens with one attached hydrogen (secondary N) is 1. The van der Waals surface area contributed by atoms with Gasteiger partial charge in [-0.25, -0.2) is 8.42 Å². The Balaban J connectivity index is 1.44. The number of carbonyl (C=O) groups is 3. The van der Waals surface area contributed by atoms with Crippen molar-refractivity contribution in [1.82, 2.24) is 4.31 Å². The Morgan fingerprint density at radius 3 is 2.35 bits per heavy atom. The van der Waals surface area contributed by atoms with E-state index in [1.807, 2.05) is 0 Å². The van der Waals surface area contributed by atoms with Gasteiger partial charge >= 0.3 is 0 Å². The fourth-order valence-electron chi connectivity index (χ4n) is 4.45. The number of carbonyl (C=O) groups excluding carboxylic acids is 3. The zero-order valence-corrected chi connectivity index (χ0v) is 20.1. The summed E-state index contributed by atoms with van der Waals surface area (Å²) in [5, 5.41) is 2.74. The van der Waals surface area contributed by atoms with Crippen LogP contribution in [0.1, 0.15) is 32.3 Å². The van der Waals surface area contributed by atoms with Crippen molar-refractivity contribution in [3.05, 3.63) is 48.0 Å². The van der Waals surface area contributed by atoms with Crippen LogP contribution in [0.3, 0.4) is 0 Å². The quantitative estimate of drug-likeness (QED) is 0.649. The molecule has 0 bridgehead atoms. The molecule has 0 fully saturated rings. The second kappa shape index (κ2) is 9.55. The van der Waals surface area contributed by atoms with E-state index in [1.54, 1.807) is 55.1 Å². The zero-order chi connectivity index (χ0) is 24.5. The molecule has 4 rings (SSSR count). The number of nitrogens with zero attached hydrogens (tertiary/aromatic N) is 3. The molecule has 2 aromatic carbocycles. The molecule has 2 heterocycles. The highest BCUT2D eigenvalue weighted by atomic mass is 32.2. The summed E-state index contributed by atoms with van der Waals surface area (Å²) < 4.78 is 27.0. The highest BCUT2D eigenvalue weighted by Gasteiger charge is 2.30. The molecule has 10 heteroatoms. The summed E-state index contributed by atoms with van der Waals surface area (Å²) >= 11 is 0. The fraction of sp³-hybridized carbons (Fsp3) is 0.375. The van der Waals surface area contributed by atoms with Gasteiger partial charge in [0.2, 0.25) is 27.7 Å². The molecule has 0 aliphatic carbocycles. The Hall–Kier alpha value is -3.24. The molecule has 2 aliphatic heterocycles. The van der Waals surface area contributed by atoms with Gasteiger partial charge in [0.15, 0.2) is 0 Å². The SMILES string of the molecule is CCN(CC)S(=O)(=O)c1ccc2c(c1)CCN2C(=O)CCC(=O)N1CC(=O)Nc2ccccc21. The molecule has 0 atom stereocenters. The van der Waals surface area contributed by atoms with Crippen LogP contribution in [0.5, 0.6) is 0 Å². The second-order valence-electron chi connectivity index (χ2n) is 8.22. The Morgan fingerprint density at radius 2 is 1.65 bits per heavy atom. The van der Waals surface area contributed by atoms with Crippen LogP contribution in [0.4, 0.5) is 17.1 Å². The number of amides is 3. The number of rotatable bonds is 7. The van der Waals surface area contributed by atoms with E-state index in [0.717, 1.165) is 5.56 Å². The van der Waals surface area contributed by atoms with E-state index in [2.05, 4.69) is 5.32 Å². The lowest BCUT2D eigenvalue weighted by Gasteiger charge is -2.29. The van der Waals surface area contributed by atoms with Gasteiger partial charge in [0, 0.05) is 38.2 Å². The first-order chi connectivity index (χ1) is 16.3. The third-order valence-corrected chi connectivity index (χ3v) is 8.26.